The Morgan fingerprint density at radius 2 is 1.65 bits per heavy atom. The van der Waals surface area contributed by atoms with Crippen LogP contribution in [0.5, 0.6) is 0 Å². The third-order valence-corrected chi connectivity index (χ3v) is 2.41. The molecule has 0 amide bonds. The van der Waals surface area contributed by atoms with Gasteiger partial charge in [-0.25, -0.2) is 0 Å². The molecule has 0 aliphatic rings. The summed E-state index contributed by atoms with van der Waals surface area (Å²) >= 11 is 0. The highest BCUT2D eigenvalue weighted by Gasteiger charge is 1.98. The number of allylic oxidation sites excluding steroid dienone is 4. The quantitative estimate of drug-likeness (QED) is 0.675. The molecule has 1 aromatic carbocycles. The molecule has 0 nitrogen and oxygen atoms in total. The van der Waals surface area contributed by atoms with E-state index in [4.69, 9.17) is 0 Å². The lowest BCUT2D eigenvalue weighted by Crippen LogP contribution is -2.25. The van der Waals surface area contributed by atoms with Gasteiger partial charge in [0.1, 0.15) is 0 Å². The summed E-state index contributed by atoms with van der Waals surface area (Å²) < 4.78 is 0. The van der Waals surface area contributed by atoms with Gasteiger partial charge >= 0.3 is 0 Å². The Morgan fingerprint density at radius 3 is 2.10 bits per heavy atom. The molecule has 0 bridgehead atoms. The molecule has 0 atom stereocenters. The van der Waals surface area contributed by atoms with Gasteiger partial charge in [0, 0.05) is 0 Å². The summed E-state index contributed by atoms with van der Waals surface area (Å²) in [6, 6.07) is 8.11. The number of hydrogen-bond acceptors (Lipinski definition) is 0. The minimum atomic E-state index is 0.800. The van der Waals surface area contributed by atoms with E-state index in [1.807, 2.05) is 65.0 Å². The Labute approximate surface area is 125 Å². The highest BCUT2D eigenvalue weighted by atomic mass is 14.0. The van der Waals surface area contributed by atoms with Crippen LogP contribution in [0.2, 0.25) is 0 Å². The van der Waals surface area contributed by atoms with E-state index in [-0.39, 0.29) is 0 Å². The van der Waals surface area contributed by atoms with Crippen LogP contribution in [0.25, 0.3) is 12.2 Å². The van der Waals surface area contributed by atoms with Gasteiger partial charge in [-0.2, -0.15) is 0 Å². The Hall–Kier alpha value is -1.82. The van der Waals surface area contributed by atoms with Crippen LogP contribution in [0.15, 0.2) is 61.2 Å². The van der Waals surface area contributed by atoms with E-state index >= 15 is 0 Å². The van der Waals surface area contributed by atoms with Crippen molar-refractivity contribution in [1.29, 1.82) is 0 Å². The number of benzene rings is 1. The standard InChI is InChI=1S/C16H18.2C2H6/c1-5-9-13(3)15(10-6-2)16-12-8-7-11-14(16)4;2*1-2/h5-8,10-12H,1,3-4,9H2,2H3;2*1-2H3/b10-6-,16-15-;;. The molecular weight excluding hydrogens is 240 g/mol. The molecule has 0 saturated heterocycles. The summed E-state index contributed by atoms with van der Waals surface area (Å²) in [6.07, 6.45) is 6.78. The summed E-state index contributed by atoms with van der Waals surface area (Å²) in [5, 5.41) is 2.17. The largest absolute Gasteiger partial charge is 0.103 e. The van der Waals surface area contributed by atoms with Crippen LogP contribution in [0.1, 0.15) is 41.0 Å². The van der Waals surface area contributed by atoms with Crippen molar-refractivity contribution in [3.63, 3.8) is 0 Å². The van der Waals surface area contributed by atoms with E-state index in [0.717, 1.165) is 28.0 Å². The zero-order valence-corrected chi connectivity index (χ0v) is 13.9. The maximum atomic E-state index is 4.09. The zero-order valence-electron chi connectivity index (χ0n) is 13.9. The molecule has 0 heteroatoms. The Morgan fingerprint density at radius 1 is 1.10 bits per heavy atom. The molecule has 0 heterocycles. The second-order valence-corrected chi connectivity index (χ2v) is 3.67. The lowest BCUT2D eigenvalue weighted by atomic mass is 10.0. The molecule has 0 aromatic heterocycles. The third-order valence-electron chi connectivity index (χ3n) is 2.41. The van der Waals surface area contributed by atoms with Gasteiger partial charge in [-0.15, -0.1) is 6.58 Å². The van der Waals surface area contributed by atoms with E-state index in [1.54, 1.807) is 0 Å². The first-order valence-electron chi connectivity index (χ1n) is 7.40. The van der Waals surface area contributed by atoms with Gasteiger partial charge in [0.15, 0.2) is 0 Å². The van der Waals surface area contributed by atoms with Crippen molar-refractivity contribution in [1.82, 2.24) is 0 Å². The van der Waals surface area contributed by atoms with Crippen LogP contribution in [0.3, 0.4) is 0 Å². The molecule has 0 unspecified atom stereocenters. The molecule has 0 saturated carbocycles. The van der Waals surface area contributed by atoms with Crippen LogP contribution in [0, 0.1) is 0 Å². The third kappa shape index (κ3) is 6.94. The predicted octanol–water partition coefficient (Wildman–Crippen LogP) is 5.01. The first-order valence-corrected chi connectivity index (χ1v) is 7.40. The van der Waals surface area contributed by atoms with Crippen molar-refractivity contribution in [3.8, 4) is 0 Å². The highest BCUT2D eigenvalue weighted by molar-refractivity contribution is 5.72. The molecule has 0 fully saturated rings. The predicted molar refractivity (Wildman–Crippen MR) is 96.1 cm³/mol. The summed E-state index contributed by atoms with van der Waals surface area (Å²) in [5.74, 6) is 0. The van der Waals surface area contributed by atoms with Crippen LogP contribution >= 0.6 is 0 Å². The van der Waals surface area contributed by atoms with Crippen LogP contribution in [-0.4, -0.2) is 0 Å². The van der Waals surface area contributed by atoms with Crippen molar-refractivity contribution in [2.24, 2.45) is 0 Å². The monoisotopic (exact) mass is 270 g/mol. The summed E-state index contributed by atoms with van der Waals surface area (Å²) in [7, 11) is 0. The van der Waals surface area contributed by atoms with Crippen LogP contribution < -0.4 is 10.4 Å². The molecular formula is C20H30. The fraction of sp³-hybridized carbons (Fsp3) is 0.300. The van der Waals surface area contributed by atoms with E-state index in [2.05, 4.69) is 31.9 Å². The normalized spacial score (nSPS) is 10.7. The fourth-order valence-corrected chi connectivity index (χ4v) is 1.63. The first-order chi connectivity index (χ1) is 9.70. The smallest absolute Gasteiger partial charge is 0.00998 e. The summed E-state index contributed by atoms with van der Waals surface area (Å²) in [4.78, 5) is 0. The maximum absolute atomic E-state index is 4.09. The average molecular weight is 270 g/mol. The molecule has 1 rings (SSSR count). The van der Waals surface area contributed by atoms with Crippen molar-refractivity contribution >= 4 is 12.2 Å². The van der Waals surface area contributed by atoms with E-state index in [0.29, 0.717) is 0 Å². The zero-order chi connectivity index (χ0) is 16.0. The molecule has 20 heavy (non-hydrogen) atoms. The van der Waals surface area contributed by atoms with Crippen molar-refractivity contribution in [2.75, 3.05) is 0 Å². The van der Waals surface area contributed by atoms with Crippen LogP contribution in [0.4, 0.5) is 0 Å². The summed E-state index contributed by atoms with van der Waals surface area (Å²) in [5.41, 5.74) is 2.22. The van der Waals surface area contributed by atoms with Crippen molar-refractivity contribution in [2.45, 2.75) is 41.0 Å². The van der Waals surface area contributed by atoms with Gasteiger partial charge < -0.3 is 0 Å². The molecule has 0 spiro atoms. The van der Waals surface area contributed by atoms with Crippen molar-refractivity contribution < 1.29 is 0 Å². The first kappa shape index (κ1) is 20.5. The average Bonchev–Trinajstić information content (AvgIpc) is 2.50. The fourth-order valence-electron chi connectivity index (χ4n) is 1.63. The van der Waals surface area contributed by atoms with Crippen molar-refractivity contribution in [3.05, 3.63) is 71.7 Å². The lowest BCUT2D eigenvalue weighted by Gasteiger charge is -2.04. The molecule has 1 aromatic rings. The van der Waals surface area contributed by atoms with Crippen LogP contribution in [-0.2, 0) is 0 Å². The number of rotatable bonds is 4. The van der Waals surface area contributed by atoms with Gasteiger partial charge in [-0.1, -0.05) is 83.3 Å². The van der Waals surface area contributed by atoms with E-state index in [9.17, 15) is 0 Å². The topological polar surface area (TPSA) is 0 Å². The van der Waals surface area contributed by atoms with Gasteiger partial charge in [0.25, 0.3) is 0 Å². The molecule has 0 N–H and O–H groups in total. The van der Waals surface area contributed by atoms with E-state index < -0.39 is 0 Å². The minimum absolute atomic E-state index is 0.800. The van der Waals surface area contributed by atoms with Gasteiger partial charge in [0.2, 0.25) is 0 Å². The maximum Gasteiger partial charge on any atom is -0.00998 e. The number of hydrogen-bond donors (Lipinski definition) is 0. The van der Waals surface area contributed by atoms with Gasteiger partial charge in [0.05, 0.1) is 0 Å². The Kier molecular flexibility index (Phi) is 13.9. The second kappa shape index (κ2) is 13.6. The Bertz CT molecular complexity index is 515. The molecule has 110 valence electrons. The SMILES string of the molecule is C=CCC(=C)C(/C=C\C)=c1/ccccc1=C.CC.CC. The summed E-state index contributed by atoms with van der Waals surface area (Å²) in [6.45, 7) is 21.9. The van der Waals surface area contributed by atoms with Gasteiger partial charge in [-0.3, -0.25) is 0 Å². The van der Waals surface area contributed by atoms with E-state index in [1.165, 1.54) is 0 Å². The molecule has 0 aliphatic carbocycles. The minimum Gasteiger partial charge on any atom is -0.103 e. The lowest BCUT2D eigenvalue weighted by molar-refractivity contribution is 1.31. The van der Waals surface area contributed by atoms with Gasteiger partial charge in [-0.05, 0) is 34.9 Å². The molecule has 0 radical (unpaired) electrons. The Balaban J connectivity index is 0. The second-order valence-electron chi connectivity index (χ2n) is 3.67. The molecule has 0 aliphatic heterocycles. The highest BCUT2D eigenvalue weighted by Crippen LogP contribution is 2.13.